The van der Waals surface area contributed by atoms with Crippen LogP contribution in [0.5, 0.6) is 5.75 Å². The molecule has 6 heteroatoms. The number of para-hydroxylation sites is 1. The van der Waals surface area contributed by atoms with E-state index in [9.17, 15) is 4.79 Å². The summed E-state index contributed by atoms with van der Waals surface area (Å²) in [7, 11) is 0. The number of amides is 1. The minimum atomic E-state index is -1.01. The molecule has 1 amide bonds. The number of hydrogen-bond donors (Lipinski definition) is 2. The number of nitrogens with one attached hydrogen (secondary N) is 2. The van der Waals surface area contributed by atoms with Gasteiger partial charge in [0.2, 0.25) is 5.91 Å². The highest BCUT2D eigenvalue weighted by atomic mass is 32.1. The van der Waals surface area contributed by atoms with Crippen molar-refractivity contribution in [1.29, 1.82) is 0 Å². The van der Waals surface area contributed by atoms with Crippen molar-refractivity contribution in [3.8, 4) is 5.75 Å². The van der Waals surface area contributed by atoms with Crippen LogP contribution in [0.1, 0.15) is 35.2 Å². The first-order valence-electron chi connectivity index (χ1n) is 11.1. The van der Waals surface area contributed by atoms with Gasteiger partial charge in [0.05, 0.1) is 6.04 Å². The summed E-state index contributed by atoms with van der Waals surface area (Å²) in [5.41, 5.74) is 4.89. The van der Waals surface area contributed by atoms with E-state index in [4.69, 9.17) is 17.0 Å². The van der Waals surface area contributed by atoms with Crippen molar-refractivity contribution >= 4 is 34.6 Å². The van der Waals surface area contributed by atoms with Crippen LogP contribution in [0.2, 0.25) is 0 Å². The van der Waals surface area contributed by atoms with Crippen molar-refractivity contribution in [1.82, 2.24) is 5.32 Å². The van der Waals surface area contributed by atoms with Gasteiger partial charge in [-0.25, -0.2) is 0 Å². The molecule has 0 saturated carbocycles. The highest BCUT2D eigenvalue weighted by molar-refractivity contribution is 7.80. The molecule has 0 unspecified atom stereocenters. The molecule has 0 aliphatic carbocycles. The van der Waals surface area contributed by atoms with E-state index in [-0.39, 0.29) is 11.9 Å². The van der Waals surface area contributed by atoms with E-state index in [1.165, 1.54) is 0 Å². The maximum atomic E-state index is 13.9. The Labute approximate surface area is 199 Å². The number of rotatable bonds is 3. The van der Waals surface area contributed by atoms with Gasteiger partial charge < -0.3 is 15.4 Å². The fraction of sp³-hybridized carbons (Fsp3) is 0.259. The van der Waals surface area contributed by atoms with Gasteiger partial charge in [0.25, 0.3) is 0 Å². The van der Waals surface area contributed by atoms with Gasteiger partial charge >= 0.3 is 0 Å². The van der Waals surface area contributed by atoms with E-state index in [1.54, 1.807) is 0 Å². The zero-order valence-corrected chi connectivity index (χ0v) is 20.0. The normalized spacial score (nSPS) is 23.3. The van der Waals surface area contributed by atoms with Crippen LogP contribution in [-0.4, -0.2) is 16.7 Å². The third kappa shape index (κ3) is 3.55. The zero-order valence-electron chi connectivity index (χ0n) is 19.2. The number of nitrogens with zero attached hydrogens (tertiary/aromatic N) is 1. The van der Waals surface area contributed by atoms with Crippen LogP contribution in [0.15, 0.2) is 66.7 Å². The first-order chi connectivity index (χ1) is 15.8. The highest BCUT2D eigenvalue weighted by Gasteiger charge is 2.59. The van der Waals surface area contributed by atoms with Crippen LogP contribution in [0, 0.1) is 26.7 Å². The molecule has 0 aromatic heterocycles. The predicted molar refractivity (Wildman–Crippen MR) is 136 cm³/mol. The molecule has 2 heterocycles. The summed E-state index contributed by atoms with van der Waals surface area (Å²) in [4.78, 5) is 15.8. The predicted octanol–water partition coefficient (Wildman–Crippen LogP) is 5.41. The summed E-state index contributed by atoms with van der Waals surface area (Å²) in [6.07, 6.45) is 0. The second-order valence-electron chi connectivity index (χ2n) is 9.08. The smallest absolute Gasteiger partial charge is 0.236 e. The lowest BCUT2D eigenvalue weighted by Gasteiger charge is -2.56. The fourth-order valence-corrected chi connectivity index (χ4v) is 5.45. The Morgan fingerprint density at radius 1 is 1.03 bits per heavy atom. The molecule has 1 saturated heterocycles. The van der Waals surface area contributed by atoms with Crippen molar-refractivity contribution < 1.29 is 9.53 Å². The second kappa shape index (κ2) is 7.89. The SMILES string of the molecule is Cc1ccc(NC(=O)[C@@H]2[C@@H]3NC(=S)N(c4ccccc4)[C@@]2(C)Oc2ccc(C)cc23)c(C)c1. The van der Waals surface area contributed by atoms with Crippen LogP contribution in [0.4, 0.5) is 11.4 Å². The Morgan fingerprint density at radius 2 is 1.73 bits per heavy atom. The van der Waals surface area contributed by atoms with Gasteiger partial charge in [0.1, 0.15) is 11.7 Å². The molecule has 2 aliphatic rings. The minimum Gasteiger partial charge on any atom is -0.467 e. The molecule has 5 rings (SSSR count). The number of benzene rings is 3. The number of fused-ring (bicyclic) bond motifs is 4. The Hall–Kier alpha value is -3.38. The summed E-state index contributed by atoms with van der Waals surface area (Å²) < 4.78 is 6.64. The van der Waals surface area contributed by atoms with E-state index >= 15 is 0 Å². The Balaban J connectivity index is 1.63. The zero-order chi connectivity index (χ0) is 23.3. The lowest BCUT2D eigenvalue weighted by atomic mass is 9.78. The summed E-state index contributed by atoms with van der Waals surface area (Å²) in [5, 5.41) is 7.16. The quantitative estimate of drug-likeness (QED) is 0.515. The summed E-state index contributed by atoms with van der Waals surface area (Å²) in [6, 6.07) is 21.6. The number of hydrogen-bond acceptors (Lipinski definition) is 3. The molecule has 3 atom stereocenters. The molecule has 33 heavy (non-hydrogen) atoms. The van der Waals surface area contributed by atoms with Crippen LogP contribution >= 0.6 is 12.2 Å². The molecular formula is C27H27N3O2S. The fourth-order valence-electron chi connectivity index (χ4n) is 5.03. The van der Waals surface area contributed by atoms with Crippen molar-refractivity contribution in [2.45, 2.75) is 39.5 Å². The second-order valence-corrected chi connectivity index (χ2v) is 9.47. The van der Waals surface area contributed by atoms with Crippen LogP contribution < -0.4 is 20.3 Å². The number of anilines is 2. The first kappa shape index (κ1) is 21.5. The van der Waals surface area contributed by atoms with Crippen molar-refractivity contribution in [2.24, 2.45) is 5.92 Å². The van der Waals surface area contributed by atoms with Crippen LogP contribution in [-0.2, 0) is 4.79 Å². The van der Waals surface area contributed by atoms with Gasteiger partial charge in [-0.1, -0.05) is 53.6 Å². The molecule has 0 spiro atoms. The molecule has 2 bridgehead atoms. The summed E-state index contributed by atoms with van der Waals surface area (Å²) in [6.45, 7) is 8.04. The third-order valence-electron chi connectivity index (χ3n) is 6.59. The van der Waals surface area contributed by atoms with E-state index in [0.29, 0.717) is 5.11 Å². The first-order valence-corrected chi connectivity index (χ1v) is 11.5. The highest BCUT2D eigenvalue weighted by Crippen LogP contribution is 2.50. The summed E-state index contributed by atoms with van der Waals surface area (Å²) >= 11 is 5.80. The Kier molecular flexibility index (Phi) is 5.13. The molecule has 168 valence electrons. The van der Waals surface area contributed by atoms with Gasteiger partial charge in [0.15, 0.2) is 10.8 Å². The average Bonchev–Trinajstić information content (AvgIpc) is 2.76. The van der Waals surface area contributed by atoms with E-state index in [1.807, 2.05) is 87.2 Å². The van der Waals surface area contributed by atoms with Crippen molar-refractivity contribution in [3.63, 3.8) is 0 Å². The molecule has 5 nitrogen and oxygen atoms in total. The molecular weight excluding hydrogens is 430 g/mol. The largest absolute Gasteiger partial charge is 0.467 e. The molecule has 2 N–H and O–H groups in total. The van der Waals surface area contributed by atoms with Gasteiger partial charge in [-0.2, -0.15) is 0 Å². The Morgan fingerprint density at radius 3 is 2.45 bits per heavy atom. The topological polar surface area (TPSA) is 53.6 Å². The van der Waals surface area contributed by atoms with Gasteiger partial charge in [-0.3, -0.25) is 9.69 Å². The van der Waals surface area contributed by atoms with Gasteiger partial charge in [-0.05, 0) is 69.7 Å². The van der Waals surface area contributed by atoms with Crippen LogP contribution in [0.3, 0.4) is 0 Å². The van der Waals surface area contributed by atoms with Crippen molar-refractivity contribution in [2.75, 3.05) is 10.2 Å². The van der Waals surface area contributed by atoms with E-state index in [2.05, 4.69) is 22.8 Å². The maximum absolute atomic E-state index is 13.9. The molecule has 3 aromatic carbocycles. The van der Waals surface area contributed by atoms with E-state index < -0.39 is 11.6 Å². The molecule has 3 aromatic rings. The minimum absolute atomic E-state index is 0.113. The van der Waals surface area contributed by atoms with Gasteiger partial charge in [-0.15, -0.1) is 0 Å². The molecule has 1 fully saturated rings. The monoisotopic (exact) mass is 457 g/mol. The molecule has 0 radical (unpaired) electrons. The molecule has 2 aliphatic heterocycles. The number of carbonyl (C=O) groups is 1. The van der Waals surface area contributed by atoms with Gasteiger partial charge in [0, 0.05) is 16.9 Å². The number of aryl methyl sites for hydroxylation is 3. The summed E-state index contributed by atoms with van der Waals surface area (Å²) in [5.74, 6) is 0.0940. The van der Waals surface area contributed by atoms with Crippen LogP contribution in [0.25, 0.3) is 0 Å². The number of thiocarbonyl (C=S) groups is 1. The Bertz CT molecular complexity index is 1260. The standard InChI is InChI=1S/C27H27N3O2S/c1-16-10-12-21(18(3)14-16)28-25(31)23-24-20-15-17(2)11-13-22(20)32-27(23,4)30(26(33)29-24)19-8-6-5-7-9-19/h5-15,23-24H,1-4H3,(H,28,31)(H,29,33)/t23-,24+,27-/m0/s1. The number of carbonyl (C=O) groups excluding carboxylic acids is 1. The third-order valence-corrected chi connectivity index (χ3v) is 6.89. The average molecular weight is 458 g/mol. The maximum Gasteiger partial charge on any atom is 0.236 e. The lowest BCUT2D eigenvalue weighted by Crippen LogP contribution is -2.72. The lowest BCUT2D eigenvalue weighted by molar-refractivity contribution is -0.130. The van der Waals surface area contributed by atoms with Crippen molar-refractivity contribution in [3.05, 3.63) is 89.0 Å². The van der Waals surface area contributed by atoms with E-state index in [0.717, 1.165) is 39.4 Å². The number of ether oxygens (including phenoxy) is 1.